The molecule has 110 valence electrons. The third-order valence-electron chi connectivity index (χ3n) is 3.31. The van der Waals surface area contributed by atoms with Crippen molar-refractivity contribution in [1.82, 2.24) is 0 Å². The monoisotopic (exact) mass is 286 g/mol. The van der Waals surface area contributed by atoms with Crippen LogP contribution >= 0.6 is 0 Å². The fourth-order valence-corrected chi connectivity index (χ4v) is 2.43. The Morgan fingerprint density at radius 2 is 1.90 bits per heavy atom. The van der Waals surface area contributed by atoms with Gasteiger partial charge in [0.25, 0.3) is 5.69 Å². The van der Waals surface area contributed by atoms with Gasteiger partial charge in [-0.1, -0.05) is 13.8 Å². The average molecular weight is 286 g/mol. The fourth-order valence-electron chi connectivity index (χ4n) is 2.43. The summed E-state index contributed by atoms with van der Waals surface area (Å²) in [5.41, 5.74) is 1.81. The number of anilines is 1. The van der Waals surface area contributed by atoms with Crippen LogP contribution in [-0.2, 0) is 4.79 Å². The molecule has 0 heterocycles. The van der Waals surface area contributed by atoms with Crippen LogP contribution < -0.4 is 5.32 Å². The lowest BCUT2D eigenvalue weighted by Crippen LogP contribution is -2.21. The van der Waals surface area contributed by atoms with Gasteiger partial charge in [-0.25, -0.2) is 0 Å². The summed E-state index contributed by atoms with van der Waals surface area (Å²) in [5, 5.41) is 13.6. The van der Waals surface area contributed by atoms with E-state index in [0.717, 1.165) is 17.7 Å². The predicted octanol–water partition coefficient (Wildman–Crippen LogP) is 3.84. The number of nitrogens with zero attached hydrogens (tertiary/aromatic N) is 1. The van der Waals surface area contributed by atoms with Crippen molar-refractivity contribution in [2.75, 3.05) is 5.32 Å². The molecule has 0 aromatic heterocycles. The van der Waals surface area contributed by atoms with Crippen molar-refractivity contribution in [2.45, 2.75) is 26.7 Å². The van der Waals surface area contributed by atoms with Crippen LogP contribution in [-0.4, -0.2) is 10.7 Å². The number of hydrogen-bond acceptors (Lipinski definition) is 4. The first-order valence-electron chi connectivity index (χ1n) is 6.77. The Bertz CT molecular complexity index is 613. The molecule has 5 heteroatoms. The number of rotatable bonds is 4. The molecule has 5 nitrogen and oxygen atoms in total. The van der Waals surface area contributed by atoms with Crippen molar-refractivity contribution in [3.05, 3.63) is 58.3 Å². The third kappa shape index (κ3) is 4.27. The van der Waals surface area contributed by atoms with E-state index >= 15 is 0 Å². The first-order chi connectivity index (χ1) is 9.85. The van der Waals surface area contributed by atoms with Gasteiger partial charge in [0.1, 0.15) is 0 Å². The maximum absolute atomic E-state index is 11.6. The second-order valence-electron chi connectivity index (χ2n) is 5.98. The van der Waals surface area contributed by atoms with Gasteiger partial charge in [0, 0.05) is 30.4 Å². The highest BCUT2D eigenvalue weighted by atomic mass is 16.6. The minimum absolute atomic E-state index is 0.00113. The highest BCUT2D eigenvalue weighted by molar-refractivity contribution is 5.92. The zero-order chi connectivity index (χ0) is 15.5. The van der Waals surface area contributed by atoms with Crippen molar-refractivity contribution < 1.29 is 9.72 Å². The zero-order valence-corrected chi connectivity index (χ0v) is 12.1. The van der Waals surface area contributed by atoms with Crippen molar-refractivity contribution in [3.8, 4) is 0 Å². The van der Waals surface area contributed by atoms with Crippen molar-refractivity contribution in [2.24, 2.45) is 5.41 Å². The summed E-state index contributed by atoms with van der Waals surface area (Å²) in [4.78, 5) is 21.8. The molecule has 0 atom stereocenters. The van der Waals surface area contributed by atoms with E-state index in [1.54, 1.807) is 24.4 Å². The van der Waals surface area contributed by atoms with Crippen LogP contribution in [0.2, 0.25) is 0 Å². The number of benzene rings is 1. The summed E-state index contributed by atoms with van der Waals surface area (Å²) in [6.07, 6.45) is 6.75. The summed E-state index contributed by atoms with van der Waals surface area (Å²) >= 11 is 0. The Hall–Kier alpha value is -2.43. The minimum Gasteiger partial charge on any atom is -0.362 e. The van der Waals surface area contributed by atoms with Gasteiger partial charge in [-0.15, -0.1) is 0 Å². The SMILES string of the molecule is CC1(C)CC(=O)C=C(C=CNc2ccc([N+](=O)[O-])cc2)C1. The van der Waals surface area contributed by atoms with Crippen LogP contribution in [0.15, 0.2) is 48.2 Å². The number of carbonyl (C=O) groups excluding carboxylic acids is 1. The predicted molar refractivity (Wildman–Crippen MR) is 82.0 cm³/mol. The van der Waals surface area contributed by atoms with E-state index in [-0.39, 0.29) is 16.9 Å². The van der Waals surface area contributed by atoms with Crippen molar-refractivity contribution >= 4 is 17.2 Å². The molecule has 21 heavy (non-hydrogen) atoms. The first kappa shape index (κ1) is 15.0. The van der Waals surface area contributed by atoms with Gasteiger partial charge >= 0.3 is 0 Å². The van der Waals surface area contributed by atoms with Gasteiger partial charge in [0.05, 0.1) is 4.92 Å². The molecule has 1 aliphatic carbocycles. The van der Waals surface area contributed by atoms with Crippen LogP contribution in [0.5, 0.6) is 0 Å². The molecule has 0 aliphatic heterocycles. The van der Waals surface area contributed by atoms with Crippen LogP contribution in [0.25, 0.3) is 0 Å². The van der Waals surface area contributed by atoms with E-state index in [2.05, 4.69) is 19.2 Å². The Morgan fingerprint density at radius 3 is 2.48 bits per heavy atom. The molecule has 0 spiro atoms. The molecular weight excluding hydrogens is 268 g/mol. The molecule has 0 radical (unpaired) electrons. The van der Waals surface area contributed by atoms with E-state index in [9.17, 15) is 14.9 Å². The Morgan fingerprint density at radius 1 is 1.24 bits per heavy atom. The number of hydrogen-bond donors (Lipinski definition) is 1. The zero-order valence-electron chi connectivity index (χ0n) is 12.1. The molecule has 1 aliphatic rings. The summed E-state index contributed by atoms with van der Waals surface area (Å²) in [6.45, 7) is 4.16. The number of nitro groups is 1. The van der Waals surface area contributed by atoms with E-state index < -0.39 is 4.92 Å². The van der Waals surface area contributed by atoms with Gasteiger partial charge in [-0.2, -0.15) is 0 Å². The third-order valence-corrected chi connectivity index (χ3v) is 3.31. The number of allylic oxidation sites excluding steroid dienone is 3. The Kier molecular flexibility index (Phi) is 4.21. The second kappa shape index (κ2) is 5.91. The summed E-state index contributed by atoms with van der Waals surface area (Å²) in [7, 11) is 0. The quantitative estimate of drug-likeness (QED) is 0.674. The van der Waals surface area contributed by atoms with Crippen LogP contribution in [0.3, 0.4) is 0 Å². The highest BCUT2D eigenvalue weighted by Gasteiger charge is 2.26. The molecule has 1 aromatic rings. The van der Waals surface area contributed by atoms with E-state index in [1.165, 1.54) is 12.1 Å². The first-order valence-corrected chi connectivity index (χ1v) is 6.77. The molecule has 0 bridgehead atoms. The molecule has 1 aromatic carbocycles. The van der Waals surface area contributed by atoms with Crippen LogP contribution in [0.4, 0.5) is 11.4 Å². The van der Waals surface area contributed by atoms with Gasteiger partial charge in [-0.3, -0.25) is 14.9 Å². The van der Waals surface area contributed by atoms with Gasteiger partial charge in [-0.05, 0) is 41.7 Å². The number of nitro benzene ring substituents is 1. The van der Waals surface area contributed by atoms with Gasteiger partial charge in [0.2, 0.25) is 0 Å². The smallest absolute Gasteiger partial charge is 0.269 e. The van der Waals surface area contributed by atoms with E-state index in [4.69, 9.17) is 0 Å². The molecule has 0 unspecified atom stereocenters. The van der Waals surface area contributed by atoms with E-state index in [1.807, 2.05) is 6.08 Å². The van der Waals surface area contributed by atoms with Crippen molar-refractivity contribution in [1.29, 1.82) is 0 Å². The minimum atomic E-state index is -0.430. The molecule has 0 fully saturated rings. The average Bonchev–Trinajstić information content (AvgIpc) is 2.37. The summed E-state index contributed by atoms with van der Waals surface area (Å²) in [6, 6.07) is 6.19. The normalized spacial score (nSPS) is 17.6. The Balaban J connectivity index is 1.99. The standard InChI is InChI=1S/C16H18N2O3/c1-16(2)10-12(9-15(19)11-16)7-8-17-13-3-5-14(6-4-13)18(20)21/h3-9,17H,10-11H2,1-2H3. The molecule has 2 rings (SSSR count). The highest BCUT2D eigenvalue weighted by Crippen LogP contribution is 2.33. The molecule has 0 saturated heterocycles. The fraction of sp³-hybridized carbons (Fsp3) is 0.312. The van der Waals surface area contributed by atoms with Crippen LogP contribution in [0, 0.1) is 15.5 Å². The summed E-state index contributed by atoms with van der Waals surface area (Å²) in [5.74, 6) is 0.154. The molecule has 0 amide bonds. The number of nitrogens with one attached hydrogen (secondary N) is 1. The number of carbonyl (C=O) groups is 1. The maximum Gasteiger partial charge on any atom is 0.269 e. The topological polar surface area (TPSA) is 72.2 Å². The van der Waals surface area contributed by atoms with Gasteiger partial charge in [0.15, 0.2) is 5.78 Å². The van der Waals surface area contributed by atoms with Gasteiger partial charge < -0.3 is 5.32 Å². The molecule has 0 saturated carbocycles. The molecule has 1 N–H and O–H groups in total. The molecular formula is C16H18N2O3. The second-order valence-corrected chi connectivity index (χ2v) is 5.98. The van der Waals surface area contributed by atoms with Crippen molar-refractivity contribution in [3.63, 3.8) is 0 Å². The van der Waals surface area contributed by atoms with E-state index in [0.29, 0.717) is 6.42 Å². The lowest BCUT2D eigenvalue weighted by Gasteiger charge is -2.27. The lowest BCUT2D eigenvalue weighted by atomic mass is 9.77. The van der Waals surface area contributed by atoms with Crippen LogP contribution in [0.1, 0.15) is 26.7 Å². The largest absolute Gasteiger partial charge is 0.362 e. The lowest BCUT2D eigenvalue weighted by molar-refractivity contribution is -0.384. The number of ketones is 1. The summed E-state index contributed by atoms with van der Waals surface area (Å²) < 4.78 is 0. The Labute approximate surface area is 123 Å². The number of non-ortho nitro benzene ring substituents is 1. The maximum atomic E-state index is 11.6.